The van der Waals surface area contributed by atoms with Crippen LogP contribution in [-0.4, -0.2) is 24.4 Å². The van der Waals surface area contributed by atoms with Gasteiger partial charge in [0.05, 0.1) is 27.8 Å². The van der Waals surface area contributed by atoms with E-state index in [9.17, 15) is 14.4 Å². The molecule has 0 aromatic heterocycles. The summed E-state index contributed by atoms with van der Waals surface area (Å²) >= 11 is 23.4. The third kappa shape index (κ3) is 7.20. The quantitative estimate of drug-likeness (QED) is 0.552. The van der Waals surface area contributed by atoms with E-state index in [0.29, 0.717) is 21.4 Å². The number of carbonyl (C=O) groups is 3. The van der Waals surface area contributed by atoms with E-state index in [1.165, 1.54) is 18.2 Å². The summed E-state index contributed by atoms with van der Waals surface area (Å²) < 4.78 is 4.84. The highest BCUT2D eigenvalue weighted by Gasteiger charge is 2.13. The molecule has 0 bridgehead atoms. The molecule has 0 aliphatic heterocycles. The van der Waals surface area contributed by atoms with E-state index in [2.05, 4.69) is 10.6 Å². The van der Waals surface area contributed by atoms with Gasteiger partial charge in [0, 0.05) is 16.5 Å². The lowest BCUT2D eigenvalue weighted by Crippen LogP contribution is -2.22. The Morgan fingerprint density at radius 1 is 0.750 bits per heavy atom. The Kier molecular flexibility index (Phi) is 8.38. The maximum atomic E-state index is 11.9. The van der Waals surface area contributed by atoms with Gasteiger partial charge in [-0.3, -0.25) is 14.4 Å². The molecule has 28 heavy (non-hydrogen) atoms. The third-order valence-corrected chi connectivity index (χ3v) is 4.43. The number of esters is 1. The minimum atomic E-state index is -0.699. The molecule has 0 saturated heterocycles. The zero-order chi connectivity index (χ0) is 20.7. The maximum absolute atomic E-state index is 11.9. The molecule has 0 aliphatic carbocycles. The SMILES string of the molecule is O=C(CCC(=O)OCC(=O)Nc1ccc(Cl)cc1Cl)Nc1ccc(Cl)cc1Cl. The average Bonchev–Trinajstić information content (AvgIpc) is 2.63. The van der Waals surface area contributed by atoms with Crippen LogP contribution in [0.3, 0.4) is 0 Å². The van der Waals surface area contributed by atoms with E-state index in [0.717, 1.165) is 0 Å². The van der Waals surface area contributed by atoms with Gasteiger partial charge in [-0.05, 0) is 36.4 Å². The molecule has 6 nitrogen and oxygen atoms in total. The molecule has 2 N–H and O–H groups in total. The van der Waals surface area contributed by atoms with Gasteiger partial charge in [0.1, 0.15) is 0 Å². The number of benzene rings is 2. The van der Waals surface area contributed by atoms with Crippen molar-refractivity contribution in [1.82, 2.24) is 0 Å². The molecule has 148 valence electrons. The van der Waals surface area contributed by atoms with Crippen LogP contribution in [0.4, 0.5) is 11.4 Å². The van der Waals surface area contributed by atoms with Crippen molar-refractivity contribution in [3.63, 3.8) is 0 Å². The van der Waals surface area contributed by atoms with Gasteiger partial charge in [0.2, 0.25) is 5.91 Å². The van der Waals surface area contributed by atoms with Crippen molar-refractivity contribution in [2.24, 2.45) is 0 Å². The normalized spacial score (nSPS) is 10.3. The van der Waals surface area contributed by atoms with E-state index in [1.54, 1.807) is 18.2 Å². The Labute approximate surface area is 181 Å². The largest absolute Gasteiger partial charge is 0.456 e. The summed E-state index contributed by atoms with van der Waals surface area (Å²) in [6.45, 7) is -0.511. The predicted molar refractivity (Wildman–Crippen MR) is 110 cm³/mol. The molecule has 2 rings (SSSR count). The first kappa shape index (κ1) is 22.3. The van der Waals surface area contributed by atoms with Crippen molar-refractivity contribution in [3.05, 3.63) is 56.5 Å². The number of hydrogen-bond acceptors (Lipinski definition) is 4. The summed E-state index contributed by atoms with van der Waals surface area (Å²) in [6, 6.07) is 9.15. The van der Waals surface area contributed by atoms with Gasteiger partial charge in [0.15, 0.2) is 6.61 Å². The Bertz CT molecular complexity index is 834. The van der Waals surface area contributed by atoms with Crippen molar-refractivity contribution < 1.29 is 19.1 Å². The zero-order valence-electron chi connectivity index (χ0n) is 14.2. The van der Waals surface area contributed by atoms with Gasteiger partial charge in [-0.1, -0.05) is 46.4 Å². The lowest BCUT2D eigenvalue weighted by Gasteiger charge is -2.09. The summed E-state index contributed by atoms with van der Waals surface area (Å²) in [6.07, 6.45) is -0.339. The maximum Gasteiger partial charge on any atom is 0.306 e. The van der Waals surface area contributed by atoms with Crippen LogP contribution in [-0.2, 0) is 19.1 Å². The van der Waals surface area contributed by atoms with Gasteiger partial charge in [-0.25, -0.2) is 0 Å². The van der Waals surface area contributed by atoms with Crippen molar-refractivity contribution >= 4 is 75.6 Å². The molecule has 2 amide bonds. The number of hydrogen-bond donors (Lipinski definition) is 2. The molecule has 2 aromatic rings. The summed E-state index contributed by atoms with van der Waals surface area (Å²) in [5.41, 5.74) is 0.718. The first-order valence-electron chi connectivity index (χ1n) is 7.90. The van der Waals surface area contributed by atoms with Crippen LogP contribution in [0.25, 0.3) is 0 Å². The Morgan fingerprint density at radius 3 is 1.75 bits per heavy atom. The minimum absolute atomic E-state index is 0.136. The Balaban J connectivity index is 1.73. The molecule has 0 atom stereocenters. The van der Waals surface area contributed by atoms with E-state index >= 15 is 0 Å². The highest BCUT2D eigenvalue weighted by atomic mass is 35.5. The molecule has 2 aromatic carbocycles. The second-order valence-corrected chi connectivity index (χ2v) is 7.19. The van der Waals surface area contributed by atoms with Gasteiger partial charge in [0.25, 0.3) is 5.91 Å². The fourth-order valence-electron chi connectivity index (χ4n) is 2.01. The minimum Gasteiger partial charge on any atom is -0.456 e. The lowest BCUT2D eigenvalue weighted by molar-refractivity contribution is -0.147. The van der Waals surface area contributed by atoms with Gasteiger partial charge in [-0.15, -0.1) is 0 Å². The van der Waals surface area contributed by atoms with Gasteiger partial charge in [-0.2, -0.15) is 0 Å². The Morgan fingerprint density at radius 2 is 1.25 bits per heavy atom. The molecule has 0 heterocycles. The lowest BCUT2D eigenvalue weighted by atomic mass is 10.2. The number of anilines is 2. The van der Waals surface area contributed by atoms with Crippen LogP contribution in [0.1, 0.15) is 12.8 Å². The first-order chi connectivity index (χ1) is 13.2. The van der Waals surface area contributed by atoms with Crippen LogP contribution in [0, 0.1) is 0 Å². The summed E-state index contributed by atoms with van der Waals surface area (Å²) in [5.74, 6) is -1.71. The first-order valence-corrected chi connectivity index (χ1v) is 9.41. The van der Waals surface area contributed by atoms with Crippen LogP contribution in [0.5, 0.6) is 0 Å². The van der Waals surface area contributed by atoms with Crippen molar-refractivity contribution in [1.29, 1.82) is 0 Å². The van der Waals surface area contributed by atoms with Gasteiger partial charge >= 0.3 is 5.97 Å². The number of amides is 2. The van der Waals surface area contributed by atoms with Crippen LogP contribution in [0.2, 0.25) is 20.1 Å². The van der Waals surface area contributed by atoms with Crippen LogP contribution in [0.15, 0.2) is 36.4 Å². The number of nitrogens with one attached hydrogen (secondary N) is 2. The monoisotopic (exact) mass is 462 g/mol. The highest BCUT2D eigenvalue weighted by Crippen LogP contribution is 2.26. The molecule has 0 spiro atoms. The molecular weight excluding hydrogens is 450 g/mol. The molecule has 0 fully saturated rings. The van der Waals surface area contributed by atoms with Crippen LogP contribution >= 0.6 is 46.4 Å². The fraction of sp³-hybridized carbons (Fsp3) is 0.167. The predicted octanol–water partition coefficient (Wildman–Crippen LogP) is 5.20. The molecule has 0 saturated carbocycles. The van der Waals surface area contributed by atoms with E-state index in [4.69, 9.17) is 51.1 Å². The average molecular weight is 464 g/mol. The number of carbonyl (C=O) groups excluding carboxylic acids is 3. The molecule has 0 unspecified atom stereocenters. The summed E-state index contributed by atoms with van der Waals surface area (Å²) in [5, 5.41) is 6.44. The van der Waals surface area contributed by atoms with Gasteiger partial charge < -0.3 is 15.4 Å². The number of halogens is 4. The van der Waals surface area contributed by atoms with Crippen LogP contribution < -0.4 is 10.6 Å². The summed E-state index contributed by atoms with van der Waals surface area (Å²) in [4.78, 5) is 35.4. The van der Waals surface area contributed by atoms with Crippen molar-refractivity contribution in [3.8, 4) is 0 Å². The smallest absolute Gasteiger partial charge is 0.306 e. The zero-order valence-corrected chi connectivity index (χ0v) is 17.3. The number of ether oxygens (including phenoxy) is 1. The van der Waals surface area contributed by atoms with E-state index in [-0.39, 0.29) is 22.9 Å². The standard InChI is InChI=1S/C18H14Cl4N2O4/c19-10-1-3-14(12(21)7-10)23-16(25)5-6-18(27)28-9-17(26)24-15-4-2-11(20)8-13(15)22/h1-4,7-8H,5-6,9H2,(H,23,25)(H,24,26). The third-order valence-electron chi connectivity index (χ3n) is 3.33. The molecule has 10 heteroatoms. The highest BCUT2D eigenvalue weighted by molar-refractivity contribution is 6.37. The molecule has 0 aliphatic rings. The topological polar surface area (TPSA) is 84.5 Å². The van der Waals surface area contributed by atoms with E-state index in [1.807, 2.05) is 0 Å². The second kappa shape index (κ2) is 10.5. The molecular formula is C18H14Cl4N2O4. The fourth-order valence-corrected chi connectivity index (χ4v) is 2.93. The number of rotatable bonds is 7. The van der Waals surface area contributed by atoms with Crippen molar-refractivity contribution in [2.75, 3.05) is 17.2 Å². The summed E-state index contributed by atoms with van der Waals surface area (Å²) in [7, 11) is 0. The molecule has 0 radical (unpaired) electrons. The Hall–Kier alpha value is -1.99. The van der Waals surface area contributed by atoms with Crippen molar-refractivity contribution in [2.45, 2.75) is 12.8 Å². The second-order valence-electron chi connectivity index (χ2n) is 5.51. The van der Waals surface area contributed by atoms with E-state index < -0.39 is 24.4 Å².